The zero-order valence-electron chi connectivity index (χ0n) is 15.4. The number of ether oxygens (including phenoxy) is 2. The summed E-state index contributed by atoms with van der Waals surface area (Å²) in [5.74, 6) is 0.227. The number of carbonyl (C=O) groups is 2. The topological polar surface area (TPSA) is 88.7 Å². The molecule has 3 N–H and O–H groups in total. The van der Waals surface area contributed by atoms with Crippen molar-refractivity contribution >= 4 is 17.6 Å². The minimum Gasteiger partial charge on any atom is -0.495 e. The van der Waals surface area contributed by atoms with Gasteiger partial charge in [-0.1, -0.05) is 24.3 Å². The van der Waals surface area contributed by atoms with Gasteiger partial charge in [0, 0.05) is 19.2 Å². The SMILES string of the molecule is CNC(=O)c1ccc(OC)c(NC(=O)NCC2OCCc3ccccc32)c1. The number of anilines is 1. The number of hydrogen-bond acceptors (Lipinski definition) is 4. The smallest absolute Gasteiger partial charge is 0.319 e. The molecule has 3 amide bonds. The second-order valence-corrected chi connectivity index (χ2v) is 6.14. The number of methoxy groups -OCH3 is 1. The van der Waals surface area contributed by atoms with Crippen LogP contribution in [0.3, 0.4) is 0 Å². The molecule has 0 saturated carbocycles. The van der Waals surface area contributed by atoms with Crippen LogP contribution in [-0.2, 0) is 11.2 Å². The first kappa shape index (κ1) is 18.7. The van der Waals surface area contributed by atoms with Crippen LogP contribution < -0.4 is 20.7 Å². The monoisotopic (exact) mass is 369 g/mol. The van der Waals surface area contributed by atoms with Gasteiger partial charge in [-0.3, -0.25) is 4.79 Å². The van der Waals surface area contributed by atoms with Crippen molar-refractivity contribution in [3.63, 3.8) is 0 Å². The minimum absolute atomic E-state index is 0.181. The van der Waals surface area contributed by atoms with E-state index in [-0.39, 0.29) is 12.0 Å². The van der Waals surface area contributed by atoms with Crippen molar-refractivity contribution in [3.05, 3.63) is 59.2 Å². The molecule has 0 fully saturated rings. The van der Waals surface area contributed by atoms with E-state index in [1.165, 1.54) is 12.7 Å². The molecule has 1 aliphatic heterocycles. The Bertz CT molecular complexity index is 838. The number of rotatable bonds is 5. The number of fused-ring (bicyclic) bond motifs is 1. The molecule has 0 saturated heterocycles. The summed E-state index contributed by atoms with van der Waals surface area (Å²) >= 11 is 0. The van der Waals surface area contributed by atoms with Gasteiger partial charge < -0.3 is 25.4 Å². The van der Waals surface area contributed by atoms with Gasteiger partial charge in [0.1, 0.15) is 11.9 Å². The highest BCUT2D eigenvalue weighted by atomic mass is 16.5. The molecule has 27 heavy (non-hydrogen) atoms. The highest BCUT2D eigenvalue weighted by molar-refractivity contribution is 5.97. The molecule has 0 aliphatic carbocycles. The zero-order chi connectivity index (χ0) is 19.2. The number of hydrogen-bond donors (Lipinski definition) is 3. The maximum atomic E-state index is 12.4. The van der Waals surface area contributed by atoms with Crippen LogP contribution in [0.4, 0.5) is 10.5 Å². The Morgan fingerprint density at radius 1 is 1.22 bits per heavy atom. The first-order valence-corrected chi connectivity index (χ1v) is 8.76. The average molecular weight is 369 g/mol. The average Bonchev–Trinajstić information content (AvgIpc) is 2.71. The molecule has 7 heteroatoms. The van der Waals surface area contributed by atoms with Crippen molar-refractivity contribution in [2.45, 2.75) is 12.5 Å². The molecule has 0 aromatic heterocycles. The lowest BCUT2D eigenvalue weighted by Gasteiger charge is -2.26. The van der Waals surface area contributed by atoms with E-state index in [1.54, 1.807) is 25.2 Å². The van der Waals surface area contributed by atoms with Crippen LogP contribution in [0.2, 0.25) is 0 Å². The van der Waals surface area contributed by atoms with Gasteiger partial charge in [-0.2, -0.15) is 0 Å². The second kappa shape index (κ2) is 8.55. The number of urea groups is 1. The van der Waals surface area contributed by atoms with E-state index in [2.05, 4.69) is 22.0 Å². The van der Waals surface area contributed by atoms with Crippen molar-refractivity contribution in [1.29, 1.82) is 0 Å². The molecular formula is C20H23N3O4. The Balaban J connectivity index is 1.65. The lowest BCUT2D eigenvalue weighted by atomic mass is 9.98. The lowest BCUT2D eigenvalue weighted by Crippen LogP contribution is -2.34. The standard InChI is InChI=1S/C20H23N3O4/c1-21-19(24)14-7-8-17(26-2)16(11-14)23-20(25)22-12-18-15-6-4-3-5-13(15)9-10-27-18/h3-8,11,18H,9-10,12H2,1-2H3,(H,21,24)(H2,22,23,25). The van der Waals surface area contributed by atoms with Crippen molar-refractivity contribution in [3.8, 4) is 5.75 Å². The van der Waals surface area contributed by atoms with Crippen LogP contribution in [0, 0.1) is 0 Å². The van der Waals surface area contributed by atoms with E-state index < -0.39 is 6.03 Å². The van der Waals surface area contributed by atoms with Crippen molar-refractivity contribution in [2.24, 2.45) is 0 Å². The maximum Gasteiger partial charge on any atom is 0.319 e. The molecule has 142 valence electrons. The molecule has 3 rings (SSSR count). The first-order chi connectivity index (χ1) is 13.1. The van der Waals surface area contributed by atoms with E-state index in [0.717, 1.165) is 12.0 Å². The third kappa shape index (κ3) is 4.38. The number of amides is 3. The summed E-state index contributed by atoms with van der Waals surface area (Å²) in [7, 11) is 3.05. The van der Waals surface area contributed by atoms with Crippen molar-refractivity contribution in [1.82, 2.24) is 10.6 Å². The van der Waals surface area contributed by atoms with Gasteiger partial charge in [0.2, 0.25) is 0 Å². The maximum absolute atomic E-state index is 12.4. The number of nitrogens with one attached hydrogen (secondary N) is 3. The van der Waals surface area contributed by atoms with Gasteiger partial charge in [-0.05, 0) is 35.7 Å². The Morgan fingerprint density at radius 3 is 2.81 bits per heavy atom. The van der Waals surface area contributed by atoms with Crippen molar-refractivity contribution in [2.75, 3.05) is 32.6 Å². The van der Waals surface area contributed by atoms with E-state index in [0.29, 0.717) is 30.2 Å². The summed E-state index contributed by atoms with van der Waals surface area (Å²) in [6.07, 6.45) is 0.697. The van der Waals surface area contributed by atoms with Crippen molar-refractivity contribution < 1.29 is 19.1 Å². The fourth-order valence-electron chi connectivity index (χ4n) is 3.09. The molecular weight excluding hydrogens is 346 g/mol. The highest BCUT2D eigenvalue weighted by Crippen LogP contribution is 2.27. The summed E-state index contributed by atoms with van der Waals surface area (Å²) in [5, 5.41) is 8.11. The van der Waals surface area contributed by atoms with Gasteiger partial charge in [-0.25, -0.2) is 4.79 Å². The molecule has 1 aliphatic rings. The van der Waals surface area contributed by atoms with Crippen LogP contribution in [0.25, 0.3) is 0 Å². The summed E-state index contributed by atoms with van der Waals surface area (Å²) in [4.78, 5) is 24.2. The predicted molar refractivity (Wildman–Crippen MR) is 102 cm³/mol. The second-order valence-electron chi connectivity index (χ2n) is 6.14. The fraction of sp³-hybridized carbons (Fsp3) is 0.300. The van der Waals surface area contributed by atoms with Crippen LogP contribution in [-0.4, -0.2) is 39.2 Å². The minimum atomic E-state index is -0.394. The van der Waals surface area contributed by atoms with Gasteiger partial charge in [0.15, 0.2) is 0 Å². The molecule has 0 spiro atoms. The third-order valence-corrected chi connectivity index (χ3v) is 4.48. The Morgan fingerprint density at radius 2 is 2.04 bits per heavy atom. The molecule has 1 heterocycles. The van der Waals surface area contributed by atoms with Crippen LogP contribution in [0.5, 0.6) is 5.75 Å². The molecule has 0 bridgehead atoms. The zero-order valence-corrected chi connectivity index (χ0v) is 15.4. The highest BCUT2D eigenvalue weighted by Gasteiger charge is 2.21. The molecule has 7 nitrogen and oxygen atoms in total. The van der Waals surface area contributed by atoms with Crippen LogP contribution >= 0.6 is 0 Å². The van der Waals surface area contributed by atoms with Gasteiger partial charge >= 0.3 is 6.03 Å². The van der Waals surface area contributed by atoms with E-state index in [9.17, 15) is 9.59 Å². The van der Waals surface area contributed by atoms with E-state index >= 15 is 0 Å². The largest absolute Gasteiger partial charge is 0.495 e. The van der Waals surface area contributed by atoms with Gasteiger partial charge in [0.05, 0.1) is 19.4 Å². The summed E-state index contributed by atoms with van der Waals surface area (Å²) in [5.41, 5.74) is 3.19. The van der Waals surface area contributed by atoms with Gasteiger partial charge in [-0.15, -0.1) is 0 Å². The van der Waals surface area contributed by atoms with E-state index in [4.69, 9.17) is 9.47 Å². The molecule has 2 aromatic carbocycles. The fourth-order valence-corrected chi connectivity index (χ4v) is 3.09. The van der Waals surface area contributed by atoms with E-state index in [1.807, 2.05) is 18.2 Å². The Kier molecular flexibility index (Phi) is 5.93. The van der Waals surface area contributed by atoms with Crippen LogP contribution in [0.15, 0.2) is 42.5 Å². The number of benzene rings is 2. The lowest BCUT2D eigenvalue weighted by molar-refractivity contribution is 0.0444. The summed E-state index contributed by atoms with van der Waals surface area (Å²) in [6, 6.07) is 12.5. The molecule has 0 radical (unpaired) electrons. The van der Waals surface area contributed by atoms with Gasteiger partial charge in [0.25, 0.3) is 5.91 Å². The third-order valence-electron chi connectivity index (χ3n) is 4.48. The quantitative estimate of drug-likeness (QED) is 0.755. The summed E-state index contributed by atoms with van der Waals surface area (Å²) in [6.45, 7) is 0.979. The number of carbonyl (C=O) groups excluding carboxylic acids is 2. The normalized spacial score (nSPS) is 15.4. The molecule has 1 unspecified atom stereocenters. The Hall–Kier alpha value is -3.06. The molecule has 1 atom stereocenters. The summed E-state index contributed by atoms with van der Waals surface area (Å²) < 4.78 is 11.1. The molecule has 2 aromatic rings. The first-order valence-electron chi connectivity index (χ1n) is 8.76. The Labute approximate surface area is 158 Å². The predicted octanol–water partition coefficient (Wildman–Crippen LogP) is 2.49. The van der Waals surface area contributed by atoms with Crippen LogP contribution in [0.1, 0.15) is 27.6 Å².